The fourth-order valence-electron chi connectivity index (χ4n) is 3.33. The number of nitrogens with one attached hydrogen (secondary N) is 2. The van der Waals surface area contributed by atoms with Gasteiger partial charge in [-0.05, 0) is 24.6 Å². The Balaban J connectivity index is 0.00000280. The number of hydrogen-bond acceptors (Lipinski definition) is 4. The van der Waals surface area contributed by atoms with E-state index in [9.17, 15) is 14.0 Å². The van der Waals surface area contributed by atoms with Crippen LogP contribution in [0.25, 0.3) is 0 Å². The quantitative estimate of drug-likeness (QED) is 0.728. The van der Waals surface area contributed by atoms with Gasteiger partial charge in [-0.3, -0.25) is 15.0 Å². The highest BCUT2D eigenvalue weighted by molar-refractivity contribution is 6.02. The van der Waals surface area contributed by atoms with Crippen molar-refractivity contribution in [3.8, 4) is 0 Å². The molecule has 2 aromatic carbocycles. The van der Waals surface area contributed by atoms with Crippen molar-refractivity contribution < 1.29 is 14.0 Å². The van der Waals surface area contributed by atoms with Crippen LogP contribution in [0.15, 0.2) is 54.6 Å². The van der Waals surface area contributed by atoms with Gasteiger partial charge < -0.3 is 11.1 Å². The Morgan fingerprint density at radius 1 is 1.11 bits per heavy atom. The number of carbonyl (C=O) groups is 2. The molecule has 2 aromatic rings. The van der Waals surface area contributed by atoms with E-state index in [1.165, 1.54) is 18.2 Å². The lowest BCUT2D eigenvalue weighted by molar-refractivity contribution is -0.124. The molecule has 150 valence electrons. The summed E-state index contributed by atoms with van der Waals surface area (Å²) >= 11 is 0. The van der Waals surface area contributed by atoms with Crippen LogP contribution in [-0.4, -0.2) is 42.0 Å². The van der Waals surface area contributed by atoms with E-state index < -0.39 is 23.8 Å². The summed E-state index contributed by atoms with van der Waals surface area (Å²) in [5.74, 6) is -0.886. The highest BCUT2D eigenvalue weighted by Gasteiger charge is 2.36. The number of imide groups is 1. The first-order valence-electron chi connectivity index (χ1n) is 8.86. The molecule has 3 amide bonds. The van der Waals surface area contributed by atoms with Crippen LogP contribution in [0.1, 0.15) is 18.4 Å². The van der Waals surface area contributed by atoms with Gasteiger partial charge in [-0.15, -0.1) is 12.4 Å². The molecule has 1 aliphatic heterocycles. The number of halogens is 2. The number of rotatable bonds is 4. The molecule has 0 radical (unpaired) electrons. The van der Waals surface area contributed by atoms with Gasteiger partial charge in [0.15, 0.2) is 0 Å². The Morgan fingerprint density at radius 2 is 1.75 bits per heavy atom. The molecule has 0 aromatic heterocycles. The number of benzene rings is 2. The van der Waals surface area contributed by atoms with E-state index >= 15 is 0 Å². The molecule has 1 aliphatic rings. The summed E-state index contributed by atoms with van der Waals surface area (Å²) in [5.41, 5.74) is 7.42. The molecule has 1 unspecified atom stereocenters. The summed E-state index contributed by atoms with van der Waals surface area (Å²) < 4.78 is 13.6. The van der Waals surface area contributed by atoms with Crippen LogP contribution in [0.5, 0.6) is 0 Å². The van der Waals surface area contributed by atoms with E-state index in [0.29, 0.717) is 13.1 Å². The number of urea groups is 1. The number of nitrogens with zero attached hydrogens (tertiary/aromatic N) is 1. The number of hydrogen-bond donors (Lipinski definition) is 3. The topological polar surface area (TPSA) is 87.5 Å². The number of para-hydroxylation sites is 1. The van der Waals surface area contributed by atoms with Gasteiger partial charge in [0.05, 0.1) is 11.7 Å². The first-order chi connectivity index (χ1) is 13.0. The molecule has 0 saturated carbocycles. The molecule has 3 rings (SSSR count). The molecule has 4 N–H and O–H groups in total. The van der Waals surface area contributed by atoms with E-state index in [1.807, 2.05) is 35.2 Å². The van der Waals surface area contributed by atoms with Crippen LogP contribution < -0.4 is 16.4 Å². The Morgan fingerprint density at radius 3 is 2.43 bits per heavy atom. The number of carbonyl (C=O) groups excluding carboxylic acids is 2. The largest absolute Gasteiger partial charge is 0.326 e. The zero-order chi connectivity index (χ0) is 19.4. The lowest BCUT2D eigenvalue weighted by Crippen LogP contribution is -2.47. The van der Waals surface area contributed by atoms with Gasteiger partial charge in [0.25, 0.3) is 0 Å². The van der Waals surface area contributed by atoms with Gasteiger partial charge in [0.2, 0.25) is 5.91 Å². The van der Waals surface area contributed by atoms with Gasteiger partial charge in [-0.25, -0.2) is 9.18 Å². The van der Waals surface area contributed by atoms with Gasteiger partial charge in [-0.1, -0.05) is 42.5 Å². The molecule has 1 heterocycles. The number of nitrogens with two attached hydrogens (primary N) is 1. The second-order valence-electron chi connectivity index (χ2n) is 6.73. The highest BCUT2D eigenvalue weighted by atomic mass is 35.5. The zero-order valence-corrected chi connectivity index (χ0v) is 16.3. The minimum atomic E-state index is -0.764. The average Bonchev–Trinajstić information content (AvgIpc) is 3.05. The molecule has 0 bridgehead atoms. The average molecular weight is 407 g/mol. The van der Waals surface area contributed by atoms with Crippen LogP contribution in [0.2, 0.25) is 0 Å². The summed E-state index contributed by atoms with van der Waals surface area (Å²) in [6.45, 7) is 2.92. The Bertz CT molecular complexity index is 821. The van der Waals surface area contributed by atoms with Gasteiger partial charge in [-0.2, -0.15) is 0 Å². The molecule has 6 nitrogen and oxygen atoms in total. The summed E-state index contributed by atoms with van der Waals surface area (Å²) in [7, 11) is 0. The van der Waals surface area contributed by atoms with Crippen LogP contribution in [0.4, 0.5) is 14.9 Å². The highest BCUT2D eigenvalue weighted by Crippen LogP contribution is 2.27. The van der Waals surface area contributed by atoms with Crippen LogP contribution >= 0.6 is 12.4 Å². The van der Waals surface area contributed by atoms with Crippen LogP contribution in [0.3, 0.4) is 0 Å². The molecule has 1 fully saturated rings. The van der Waals surface area contributed by atoms with Crippen LogP contribution in [0, 0.1) is 5.82 Å². The number of anilines is 1. The second kappa shape index (κ2) is 9.64. The third-order valence-electron chi connectivity index (χ3n) is 4.91. The Kier molecular flexibility index (Phi) is 7.51. The Labute approximate surface area is 169 Å². The minimum Gasteiger partial charge on any atom is -0.326 e. The first kappa shape index (κ1) is 21.8. The summed E-state index contributed by atoms with van der Waals surface area (Å²) in [5, 5.41) is 4.60. The van der Waals surface area contributed by atoms with Crippen molar-refractivity contribution in [2.75, 3.05) is 18.4 Å². The molecule has 3 atom stereocenters. The number of likely N-dealkylation sites (tertiary alicyclic amines) is 1. The second-order valence-corrected chi connectivity index (χ2v) is 6.73. The van der Waals surface area contributed by atoms with Crippen molar-refractivity contribution in [2.45, 2.75) is 24.9 Å². The third kappa shape index (κ3) is 5.07. The molecular formula is C20H24ClFN4O2. The fourth-order valence-corrected chi connectivity index (χ4v) is 3.33. The maximum Gasteiger partial charge on any atom is 0.326 e. The van der Waals surface area contributed by atoms with Crippen molar-refractivity contribution >= 4 is 30.0 Å². The summed E-state index contributed by atoms with van der Waals surface area (Å²) in [6, 6.07) is 14.3. The van der Waals surface area contributed by atoms with E-state index in [2.05, 4.69) is 10.6 Å². The summed E-state index contributed by atoms with van der Waals surface area (Å²) in [6.07, 6.45) is 0. The minimum absolute atomic E-state index is 0. The lowest BCUT2D eigenvalue weighted by atomic mass is 9.95. The molecular weight excluding hydrogens is 383 g/mol. The molecule has 8 heteroatoms. The van der Waals surface area contributed by atoms with E-state index in [-0.39, 0.29) is 30.1 Å². The van der Waals surface area contributed by atoms with Crippen molar-refractivity contribution in [2.24, 2.45) is 5.73 Å². The monoisotopic (exact) mass is 406 g/mol. The lowest BCUT2D eigenvalue weighted by Gasteiger charge is -2.23. The van der Waals surface area contributed by atoms with Crippen LogP contribution in [-0.2, 0) is 4.79 Å². The van der Waals surface area contributed by atoms with Gasteiger partial charge >= 0.3 is 6.03 Å². The van der Waals surface area contributed by atoms with Crippen molar-refractivity contribution in [3.63, 3.8) is 0 Å². The van der Waals surface area contributed by atoms with Gasteiger partial charge in [0, 0.05) is 25.0 Å². The van der Waals surface area contributed by atoms with E-state index in [0.717, 1.165) is 5.56 Å². The van der Waals surface area contributed by atoms with E-state index in [4.69, 9.17) is 5.73 Å². The normalized spacial score (nSPS) is 20.1. The number of amides is 3. The smallest absolute Gasteiger partial charge is 0.326 e. The molecule has 0 spiro atoms. The maximum absolute atomic E-state index is 13.6. The SMILES string of the molecule is CC(C(=O)NC(=O)Nc1ccccc1F)N1C[C@@H](N)[C@H](c2ccccc2)C1.Cl. The predicted octanol–water partition coefficient (Wildman–Crippen LogP) is 2.71. The molecule has 1 saturated heterocycles. The van der Waals surface area contributed by atoms with Crippen molar-refractivity contribution in [3.05, 3.63) is 66.0 Å². The summed E-state index contributed by atoms with van der Waals surface area (Å²) in [4.78, 5) is 26.4. The standard InChI is InChI=1S/C20H23FN4O2.ClH/c1-13(19(26)24-20(27)23-18-10-6-5-9-16(18)21)25-11-15(17(22)12-25)14-7-3-2-4-8-14;/h2-10,13,15,17H,11-12,22H2,1H3,(H2,23,24,26,27);1H/t13?,15-,17+;/m0./s1. The first-order valence-corrected chi connectivity index (χ1v) is 8.86. The molecule has 28 heavy (non-hydrogen) atoms. The maximum atomic E-state index is 13.6. The fraction of sp³-hybridized carbons (Fsp3) is 0.300. The molecule has 0 aliphatic carbocycles. The predicted molar refractivity (Wildman–Crippen MR) is 109 cm³/mol. The third-order valence-corrected chi connectivity index (χ3v) is 4.91. The Hall–Kier alpha value is -2.48. The van der Waals surface area contributed by atoms with Crippen molar-refractivity contribution in [1.29, 1.82) is 0 Å². The van der Waals surface area contributed by atoms with Gasteiger partial charge in [0.1, 0.15) is 5.82 Å². The van der Waals surface area contributed by atoms with E-state index in [1.54, 1.807) is 13.0 Å². The zero-order valence-electron chi connectivity index (χ0n) is 15.5. The van der Waals surface area contributed by atoms with Crippen molar-refractivity contribution in [1.82, 2.24) is 10.2 Å².